The summed E-state index contributed by atoms with van der Waals surface area (Å²) >= 11 is 2.05. The summed E-state index contributed by atoms with van der Waals surface area (Å²) in [4.78, 5) is 0. The molecule has 3 unspecified atom stereocenters. The summed E-state index contributed by atoms with van der Waals surface area (Å²) in [5, 5.41) is 3.82. The number of thioether (sulfide) groups is 1. The number of rotatable bonds is 6. The predicted octanol–water partition coefficient (Wildman–Crippen LogP) is 3.93. The van der Waals surface area contributed by atoms with Gasteiger partial charge in [0.05, 0.1) is 0 Å². The van der Waals surface area contributed by atoms with Gasteiger partial charge in [0.2, 0.25) is 0 Å². The maximum atomic E-state index is 3.82. The highest BCUT2D eigenvalue weighted by atomic mass is 32.2. The van der Waals surface area contributed by atoms with E-state index in [-0.39, 0.29) is 0 Å². The van der Waals surface area contributed by atoms with E-state index < -0.39 is 0 Å². The quantitative estimate of drug-likeness (QED) is 0.758. The van der Waals surface area contributed by atoms with Gasteiger partial charge in [-0.05, 0) is 37.4 Å². The first-order valence-corrected chi connectivity index (χ1v) is 8.12. The molecule has 0 aromatic rings. The molecule has 16 heavy (non-hydrogen) atoms. The summed E-state index contributed by atoms with van der Waals surface area (Å²) in [7, 11) is 0. The summed E-state index contributed by atoms with van der Waals surface area (Å²) in [6.07, 6.45) is 5.67. The highest BCUT2D eigenvalue weighted by Crippen LogP contribution is 2.30. The highest BCUT2D eigenvalue weighted by Gasteiger charge is 2.24. The standard InChI is InChI=1S/C14H29NS/c1-5-16-10-12(4)15-14-8-6-7-13(9-14)11(2)3/h11-15H,5-10H2,1-4H3. The van der Waals surface area contributed by atoms with Crippen molar-refractivity contribution in [2.75, 3.05) is 11.5 Å². The van der Waals surface area contributed by atoms with E-state index in [1.807, 2.05) is 11.8 Å². The Bertz CT molecular complexity index is 182. The third-order valence-corrected chi connectivity index (χ3v) is 4.89. The fraction of sp³-hybridized carbons (Fsp3) is 1.00. The number of hydrogen-bond donors (Lipinski definition) is 1. The third-order valence-electron chi connectivity index (χ3n) is 3.75. The molecule has 0 spiro atoms. The minimum Gasteiger partial charge on any atom is -0.311 e. The number of nitrogens with one attached hydrogen (secondary N) is 1. The SMILES string of the molecule is CCSCC(C)NC1CCCC(C(C)C)C1. The molecule has 96 valence electrons. The molecular weight excluding hydrogens is 214 g/mol. The molecule has 1 fully saturated rings. The Balaban J connectivity index is 2.25. The molecule has 0 aromatic carbocycles. The van der Waals surface area contributed by atoms with Crippen LogP contribution in [0.4, 0.5) is 0 Å². The molecule has 1 N–H and O–H groups in total. The summed E-state index contributed by atoms with van der Waals surface area (Å²) in [5.41, 5.74) is 0. The first-order chi connectivity index (χ1) is 7.63. The minimum absolute atomic E-state index is 0.681. The average molecular weight is 243 g/mol. The average Bonchev–Trinajstić information content (AvgIpc) is 2.26. The van der Waals surface area contributed by atoms with Crippen LogP contribution in [0.25, 0.3) is 0 Å². The van der Waals surface area contributed by atoms with Crippen molar-refractivity contribution in [1.29, 1.82) is 0 Å². The fourth-order valence-corrected chi connectivity index (χ4v) is 3.42. The van der Waals surface area contributed by atoms with Gasteiger partial charge in [-0.15, -0.1) is 0 Å². The van der Waals surface area contributed by atoms with Gasteiger partial charge in [0.15, 0.2) is 0 Å². The van der Waals surface area contributed by atoms with Crippen LogP contribution in [0, 0.1) is 11.8 Å². The van der Waals surface area contributed by atoms with Gasteiger partial charge < -0.3 is 5.32 Å². The molecule has 2 heteroatoms. The van der Waals surface area contributed by atoms with Gasteiger partial charge >= 0.3 is 0 Å². The Hall–Kier alpha value is 0.310. The zero-order valence-corrected chi connectivity index (χ0v) is 12.3. The summed E-state index contributed by atoms with van der Waals surface area (Å²) < 4.78 is 0. The smallest absolute Gasteiger partial charge is 0.0132 e. The van der Waals surface area contributed by atoms with Crippen molar-refractivity contribution in [2.45, 2.75) is 65.5 Å². The largest absolute Gasteiger partial charge is 0.311 e. The first-order valence-electron chi connectivity index (χ1n) is 6.97. The van der Waals surface area contributed by atoms with E-state index in [9.17, 15) is 0 Å². The van der Waals surface area contributed by atoms with Gasteiger partial charge in [0, 0.05) is 17.8 Å². The molecule has 0 aliphatic heterocycles. The van der Waals surface area contributed by atoms with E-state index in [4.69, 9.17) is 0 Å². The zero-order chi connectivity index (χ0) is 12.0. The molecule has 1 aliphatic carbocycles. The molecule has 3 atom stereocenters. The van der Waals surface area contributed by atoms with Crippen LogP contribution >= 0.6 is 11.8 Å². The van der Waals surface area contributed by atoms with Crippen LogP contribution in [0.15, 0.2) is 0 Å². The number of hydrogen-bond acceptors (Lipinski definition) is 2. The van der Waals surface area contributed by atoms with Crippen LogP contribution in [0.2, 0.25) is 0 Å². The fourth-order valence-electron chi connectivity index (χ4n) is 2.73. The van der Waals surface area contributed by atoms with Crippen LogP contribution < -0.4 is 5.32 Å². The topological polar surface area (TPSA) is 12.0 Å². The van der Waals surface area contributed by atoms with Crippen molar-refractivity contribution >= 4 is 11.8 Å². The van der Waals surface area contributed by atoms with Crippen molar-refractivity contribution in [1.82, 2.24) is 5.32 Å². The maximum Gasteiger partial charge on any atom is 0.0132 e. The molecule has 0 bridgehead atoms. The molecule has 1 rings (SSSR count). The molecule has 0 saturated heterocycles. The maximum absolute atomic E-state index is 3.82. The van der Waals surface area contributed by atoms with E-state index >= 15 is 0 Å². The van der Waals surface area contributed by atoms with Gasteiger partial charge in [0.1, 0.15) is 0 Å². The molecular formula is C14H29NS. The summed E-state index contributed by atoms with van der Waals surface area (Å²) in [6, 6.07) is 1.47. The van der Waals surface area contributed by atoms with Gasteiger partial charge in [-0.3, -0.25) is 0 Å². The Labute approximate surface area is 106 Å². The summed E-state index contributed by atoms with van der Waals surface area (Å²) in [6.45, 7) is 9.33. The Kier molecular flexibility index (Phi) is 6.83. The Morgan fingerprint density at radius 3 is 2.62 bits per heavy atom. The van der Waals surface area contributed by atoms with E-state index in [1.165, 1.54) is 37.2 Å². The highest BCUT2D eigenvalue weighted by molar-refractivity contribution is 7.99. The van der Waals surface area contributed by atoms with E-state index in [1.54, 1.807) is 0 Å². The van der Waals surface area contributed by atoms with E-state index in [0.717, 1.165) is 17.9 Å². The van der Waals surface area contributed by atoms with Gasteiger partial charge in [0.25, 0.3) is 0 Å². The van der Waals surface area contributed by atoms with Crippen LogP contribution in [0.5, 0.6) is 0 Å². The molecule has 0 heterocycles. The van der Waals surface area contributed by atoms with Crippen molar-refractivity contribution < 1.29 is 0 Å². The monoisotopic (exact) mass is 243 g/mol. The van der Waals surface area contributed by atoms with Crippen molar-refractivity contribution in [3.63, 3.8) is 0 Å². The van der Waals surface area contributed by atoms with Crippen molar-refractivity contribution in [2.24, 2.45) is 11.8 Å². The first kappa shape index (κ1) is 14.4. The normalized spacial score (nSPS) is 28.3. The van der Waals surface area contributed by atoms with Crippen molar-refractivity contribution in [3.05, 3.63) is 0 Å². The minimum atomic E-state index is 0.681. The van der Waals surface area contributed by atoms with Gasteiger partial charge in [-0.2, -0.15) is 11.8 Å². The lowest BCUT2D eigenvalue weighted by molar-refractivity contribution is 0.225. The second-order valence-electron chi connectivity index (χ2n) is 5.59. The van der Waals surface area contributed by atoms with Gasteiger partial charge in [-0.1, -0.05) is 33.6 Å². The molecule has 0 aromatic heterocycles. The molecule has 0 radical (unpaired) electrons. The lowest BCUT2D eigenvalue weighted by Gasteiger charge is -2.33. The van der Waals surface area contributed by atoms with E-state index in [0.29, 0.717) is 6.04 Å². The third kappa shape index (κ3) is 5.09. The molecule has 1 aliphatic rings. The molecule has 1 saturated carbocycles. The Morgan fingerprint density at radius 2 is 2.00 bits per heavy atom. The van der Waals surface area contributed by atoms with Gasteiger partial charge in [-0.25, -0.2) is 0 Å². The van der Waals surface area contributed by atoms with Crippen LogP contribution in [0.3, 0.4) is 0 Å². The zero-order valence-electron chi connectivity index (χ0n) is 11.5. The van der Waals surface area contributed by atoms with E-state index in [2.05, 4.69) is 33.0 Å². The lowest BCUT2D eigenvalue weighted by atomic mass is 9.79. The molecule has 0 amide bonds. The summed E-state index contributed by atoms with van der Waals surface area (Å²) in [5.74, 6) is 4.33. The lowest BCUT2D eigenvalue weighted by Crippen LogP contribution is -2.41. The van der Waals surface area contributed by atoms with Crippen LogP contribution in [-0.2, 0) is 0 Å². The van der Waals surface area contributed by atoms with Crippen molar-refractivity contribution in [3.8, 4) is 0 Å². The second-order valence-corrected chi connectivity index (χ2v) is 6.91. The van der Waals surface area contributed by atoms with Crippen LogP contribution in [0.1, 0.15) is 53.4 Å². The van der Waals surface area contributed by atoms with Crippen LogP contribution in [-0.4, -0.2) is 23.6 Å². The Morgan fingerprint density at radius 1 is 1.25 bits per heavy atom. The molecule has 1 nitrogen and oxygen atoms in total. The second kappa shape index (κ2) is 7.60. The predicted molar refractivity (Wildman–Crippen MR) is 76.2 cm³/mol.